The van der Waals surface area contributed by atoms with Gasteiger partial charge < -0.3 is 19.5 Å². The van der Waals surface area contributed by atoms with Gasteiger partial charge in [-0.25, -0.2) is 0 Å². The zero-order chi connectivity index (χ0) is 22.2. The molecule has 0 bridgehead atoms. The number of nitrogens with one attached hydrogen (secondary N) is 1. The monoisotopic (exact) mass is 445 g/mol. The Bertz CT molecular complexity index is 882. The molecule has 1 aromatic carbocycles. The first-order valence-electron chi connectivity index (χ1n) is 10.7. The molecule has 0 saturated carbocycles. The SMILES string of the molecule is CSc1nnc(CCCNC(=O)COc2ccc(N3CCCC3=O)cc2)n1CC(C)C. The number of aryl methyl sites for hydroxylation is 1. The van der Waals surface area contributed by atoms with E-state index < -0.39 is 0 Å². The van der Waals surface area contributed by atoms with Crippen molar-refractivity contribution < 1.29 is 14.3 Å². The first-order valence-corrected chi connectivity index (χ1v) is 12.0. The van der Waals surface area contributed by atoms with Crippen molar-refractivity contribution in [3.63, 3.8) is 0 Å². The number of nitrogens with zero attached hydrogens (tertiary/aromatic N) is 4. The molecule has 168 valence electrons. The molecule has 1 aliphatic rings. The minimum Gasteiger partial charge on any atom is -0.484 e. The fourth-order valence-electron chi connectivity index (χ4n) is 3.52. The first-order chi connectivity index (χ1) is 15.0. The molecule has 31 heavy (non-hydrogen) atoms. The third-order valence-corrected chi connectivity index (χ3v) is 5.68. The van der Waals surface area contributed by atoms with Crippen molar-refractivity contribution in [3.05, 3.63) is 30.1 Å². The lowest BCUT2D eigenvalue weighted by molar-refractivity contribution is -0.123. The minimum atomic E-state index is -0.160. The van der Waals surface area contributed by atoms with Crippen LogP contribution in [-0.4, -0.2) is 52.5 Å². The van der Waals surface area contributed by atoms with E-state index in [-0.39, 0.29) is 18.4 Å². The molecule has 2 amide bonds. The highest BCUT2D eigenvalue weighted by atomic mass is 32.2. The number of thioether (sulfide) groups is 1. The lowest BCUT2D eigenvalue weighted by Gasteiger charge is -2.16. The second-order valence-electron chi connectivity index (χ2n) is 7.99. The highest BCUT2D eigenvalue weighted by Gasteiger charge is 2.21. The normalized spacial score (nSPS) is 13.8. The summed E-state index contributed by atoms with van der Waals surface area (Å²) in [5.41, 5.74) is 0.870. The molecular weight excluding hydrogens is 414 g/mol. The molecular formula is C22H31N5O3S. The van der Waals surface area contributed by atoms with Crippen LogP contribution in [0.2, 0.25) is 0 Å². The first kappa shape index (κ1) is 23.1. The van der Waals surface area contributed by atoms with Gasteiger partial charge in [0.2, 0.25) is 5.91 Å². The Kier molecular flexibility index (Phi) is 8.34. The van der Waals surface area contributed by atoms with Crippen molar-refractivity contribution in [1.82, 2.24) is 20.1 Å². The summed E-state index contributed by atoms with van der Waals surface area (Å²) in [6, 6.07) is 7.29. The maximum absolute atomic E-state index is 12.1. The number of hydrogen-bond donors (Lipinski definition) is 1. The van der Waals surface area contributed by atoms with Crippen molar-refractivity contribution in [2.75, 3.05) is 30.9 Å². The summed E-state index contributed by atoms with van der Waals surface area (Å²) in [5.74, 6) is 2.08. The zero-order valence-electron chi connectivity index (χ0n) is 18.5. The van der Waals surface area contributed by atoms with Gasteiger partial charge >= 0.3 is 0 Å². The van der Waals surface area contributed by atoms with Crippen molar-refractivity contribution in [2.24, 2.45) is 5.92 Å². The summed E-state index contributed by atoms with van der Waals surface area (Å²) in [6.45, 7) is 6.52. The third kappa shape index (κ3) is 6.46. The molecule has 8 nitrogen and oxygen atoms in total. The number of ether oxygens (including phenoxy) is 1. The van der Waals surface area contributed by atoms with E-state index in [4.69, 9.17) is 4.74 Å². The average Bonchev–Trinajstić information content (AvgIpc) is 3.35. The van der Waals surface area contributed by atoms with Crippen LogP contribution in [0, 0.1) is 5.92 Å². The second kappa shape index (κ2) is 11.2. The Hall–Kier alpha value is -2.55. The molecule has 9 heteroatoms. The van der Waals surface area contributed by atoms with Gasteiger partial charge in [-0.1, -0.05) is 25.6 Å². The van der Waals surface area contributed by atoms with Crippen molar-refractivity contribution in [1.29, 1.82) is 0 Å². The summed E-state index contributed by atoms with van der Waals surface area (Å²) in [7, 11) is 0. The molecule has 0 unspecified atom stereocenters. The summed E-state index contributed by atoms with van der Waals surface area (Å²) in [6.07, 6.45) is 5.05. The average molecular weight is 446 g/mol. The Morgan fingerprint density at radius 1 is 1.26 bits per heavy atom. The number of anilines is 1. The molecule has 2 heterocycles. The Morgan fingerprint density at radius 2 is 2.03 bits per heavy atom. The van der Waals surface area contributed by atoms with E-state index in [9.17, 15) is 9.59 Å². The maximum Gasteiger partial charge on any atom is 0.257 e. The van der Waals surface area contributed by atoms with Gasteiger partial charge in [0.25, 0.3) is 5.91 Å². The Balaban J connectivity index is 1.38. The number of carbonyl (C=O) groups excluding carboxylic acids is 2. The quantitative estimate of drug-likeness (QED) is 0.423. The predicted molar refractivity (Wildman–Crippen MR) is 121 cm³/mol. The van der Waals surface area contributed by atoms with Gasteiger partial charge in [0.05, 0.1) is 0 Å². The number of benzene rings is 1. The van der Waals surface area contributed by atoms with Crippen LogP contribution in [0.4, 0.5) is 5.69 Å². The maximum atomic E-state index is 12.1. The van der Waals surface area contributed by atoms with Crippen LogP contribution in [0.15, 0.2) is 29.4 Å². The Morgan fingerprint density at radius 3 is 2.68 bits per heavy atom. The van der Waals surface area contributed by atoms with Gasteiger partial charge in [-0.2, -0.15) is 0 Å². The Labute approximate surface area is 187 Å². The molecule has 0 aliphatic carbocycles. The standard InChI is InChI=1S/C22H31N5O3S/c1-16(2)14-27-19(24-25-22(27)31-3)6-4-12-23-20(28)15-30-18-10-8-17(9-11-18)26-13-5-7-21(26)29/h8-11,16H,4-7,12-15H2,1-3H3,(H,23,28). The highest BCUT2D eigenvalue weighted by Crippen LogP contribution is 2.23. The van der Waals surface area contributed by atoms with Crippen LogP contribution >= 0.6 is 11.8 Å². The molecule has 0 radical (unpaired) electrons. The summed E-state index contributed by atoms with van der Waals surface area (Å²) in [5, 5.41) is 12.4. The smallest absolute Gasteiger partial charge is 0.257 e. The lowest BCUT2D eigenvalue weighted by atomic mass is 10.2. The number of hydrogen-bond acceptors (Lipinski definition) is 6. The van der Waals surface area contributed by atoms with Gasteiger partial charge in [-0.15, -0.1) is 10.2 Å². The third-order valence-electron chi connectivity index (χ3n) is 5.01. The molecule has 2 aromatic rings. The van der Waals surface area contributed by atoms with E-state index in [1.165, 1.54) is 0 Å². The predicted octanol–water partition coefficient (Wildman–Crippen LogP) is 2.91. The molecule has 1 fully saturated rings. The van der Waals surface area contributed by atoms with Gasteiger partial charge in [0.15, 0.2) is 11.8 Å². The van der Waals surface area contributed by atoms with E-state index >= 15 is 0 Å². The van der Waals surface area contributed by atoms with Gasteiger partial charge in [0.1, 0.15) is 11.6 Å². The van der Waals surface area contributed by atoms with Crippen LogP contribution in [0.25, 0.3) is 0 Å². The van der Waals surface area contributed by atoms with E-state index in [0.29, 0.717) is 24.6 Å². The number of amides is 2. The van der Waals surface area contributed by atoms with E-state index in [1.807, 2.05) is 18.4 Å². The van der Waals surface area contributed by atoms with Crippen LogP contribution in [-0.2, 0) is 22.6 Å². The van der Waals surface area contributed by atoms with Crippen LogP contribution in [0.1, 0.15) is 38.9 Å². The molecule has 0 spiro atoms. The number of rotatable bonds is 11. The van der Waals surface area contributed by atoms with Crippen molar-refractivity contribution in [2.45, 2.75) is 51.2 Å². The zero-order valence-corrected chi connectivity index (χ0v) is 19.3. The summed E-state index contributed by atoms with van der Waals surface area (Å²) >= 11 is 1.60. The fourth-order valence-corrected chi connectivity index (χ4v) is 4.04. The van der Waals surface area contributed by atoms with E-state index in [1.54, 1.807) is 28.8 Å². The largest absolute Gasteiger partial charge is 0.484 e. The van der Waals surface area contributed by atoms with Gasteiger partial charge in [-0.3, -0.25) is 9.59 Å². The lowest BCUT2D eigenvalue weighted by Crippen LogP contribution is -2.30. The van der Waals surface area contributed by atoms with E-state index in [2.05, 4.69) is 33.9 Å². The van der Waals surface area contributed by atoms with Crippen LogP contribution < -0.4 is 15.0 Å². The van der Waals surface area contributed by atoms with Gasteiger partial charge in [0, 0.05) is 38.2 Å². The summed E-state index contributed by atoms with van der Waals surface area (Å²) < 4.78 is 7.73. The molecule has 1 aliphatic heterocycles. The minimum absolute atomic E-state index is 0.0395. The van der Waals surface area contributed by atoms with Crippen molar-refractivity contribution >= 4 is 29.3 Å². The molecule has 1 saturated heterocycles. The van der Waals surface area contributed by atoms with Crippen LogP contribution in [0.5, 0.6) is 5.75 Å². The molecule has 1 aromatic heterocycles. The second-order valence-corrected chi connectivity index (χ2v) is 8.77. The number of aromatic nitrogens is 3. The van der Waals surface area contributed by atoms with Crippen LogP contribution in [0.3, 0.4) is 0 Å². The molecule has 3 rings (SSSR count). The molecule has 0 atom stereocenters. The van der Waals surface area contributed by atoms with Crippen molar-refractivity contribution in [3.8, 4) is 5.75 Å². The number of carbonyl (C=O) groups is 2. The topological polar surface area (TPSA) is 89.3 Å². The summed E-state index contributed by atoms with van der Waals surface area (Å²) in [4.78, 5) is 25.7. The molecule has 1 N–H and O–H groups in total. The highest BCUT2D eigenvalue weighted by molar-refractivity contribution is 7.98. The van der Waals surface area contributed by atoms with E-state index in [0.717, 1.165) is 49.0 Å². The fraction of sp³-hybridized carbons (Fsp3) is 0.545. The van der Waals surface area contributed by atoms with Gasteiger partial charge in [-0.05, 0) is 49.3 Å².